The fourth-order valence-corrected chi connectivity index (χ4v) is 4.08. The van der Waals surface area contributed by atoms with Crippen molar-refractivity contribution in [2.24, 2.45) is 0 Å². The summed E-state index contributed by atoms with van der Waals surface area (Å²) >= 11 is 0. The number of fused-ring (bicyclic) bond motifs is 5. The first-order chi connectivity index (χ1) is 12.2. The van der Waals surface area contributed by atoms with E-state index in [1.807, 2.05) is 12.1 Å². The molecular weight excluding hydrogens is 309 g/mol. The molecule has 0 saturated carbocycles. The number of hydrogen-bond acceptors (Lipinski definition) is 0. The fourth-order valence-electron chi connectivity index (χ4n) is 4.08. The van der Waals surface area contributed by atoms with Crippen LogP contribution in [0, 0.1) is 12.7 Å². The van der Waals surface area contributed by atoms with E-state index in [2.05, 4.69) is 54.0 Å². The van der Waals surface area contributed by atoms with Crippen molar-refractivity contribution >= 4 is 10.9 Å². The topological polar surface area (TPSA) is 4.93 Å². The zero-order chi connectivity index (χ0) is 17.0. The summed E-state index contributed by atoms with van der Waals surface area (Å²) in [6, 6.07) is 22.2. The van der Waals surface area contributed by atoms with Crippen molar-refractivity contribution in [3.8, 4) is 11.3 Å². The second-order valence-electron chi connectivity index (χ2n) is 6.86. The van der Waals surface area contributed by atoms with Crippen LogP contribution < -0.4 is 0 Å². The maximum Gasteiger partial charge on any atom is 0.128 e. The monoisotopic (exact) mass is 327 g/mol. The van der Waals surface area contributed by atoms with Crippen molar-refractivity contribution in [2.45, 2.75) is 19.9 Å². The van der Waals surface area contributed by atoms with Crippen molar-refractivity contribution in [1.29, 1.82) is 0 Å². The van der Waals surface area contributed by atoms with Crippen LogP contribution in [0.15, 0.2) is 66.7 Å². The van der Waals surface area contributed by atoms with Crippen LogP contribution in [-0.4, -0.2) is 4.57 Å². The molecule has 0 atom stereocenters. The van der Waals surface area contributed by atoms with Gasteiger partial charge in [-0.1, -0.05) is 54.1 Å². The molecule has 122 valence electrons. The Hall–Kier alpha value is -2.87. The van der Waals surface area contributed by atoms with Gasteiger partial charge in [0.15, 0.2) is 0 Å². The van der Waals surface area contributed by atoms with Gasteiger partial charge in [-0.25, -0.2) is 4.39 Å². The number of aryl methyl sites for hydroxylation is 1. The van der Waals surface area contributed by atoms with Crippen LogP contribution >= 0.6 is 0 Å². The molecule has 5 rings (SSSR count). The SMILES string of the molecule is Cc1ccc2c(c1)c1c(n2Cc2ccccc2F)-c2ccccc2C1. The van der Waals surface area contributed by atoms with Gasteiger partial charge in [-0.3, -0.25) is 0 Å². The zero-order valence-electron chi connectivity index (χ0n) is 14.1. The molecule has 0 saturated heterocycles. The molecule has 1 aliphatic carbocycles. The van der Waals surface area contributed by atoms with Crippen molar-refractivity contribution in [3.05, 3.63) is 94.8 Å². The van der Waals surface area contributed by atoms with E-state index >= 15 is 0 Å². The highest BCUT2D eigenvalue weighted by atomic mass is 19.1. The summed E-state index contributed by atoms with van der Waals surface area (Å²) in [5, 5.41) is 1.29. The van der Waals surface area contributed by atoms with Gasteiger partial charge in [0.2, 0.25) is 0 Å². The molecule has 0 bridgehead atoms. The lowest BCUT2D eigenvalue weighted by atomic mass is 10.1. The Morgan fingerprint density at radius 2 is 1.76 bits per heavy atom. The lowest BCUT2D eigenvalue weighted by Gasteiger charge is -2.12. The predicted octanol–water partition coefficient (Wildman–Crippen LogP) is 5.71. The summed E-state index contributed by atoms with van der Waals surface area (Å²) in [6.07, 6.45) is 0.954. The molecule has 0 aliphatic heterocycles. The standard InChI is InChI=1S/C23H18FN/c1-15-10-11-22-19(12-15)20-13-16-6-2-4-8-18(16)23(20)25(22)14-17-7-3-5-9-21(17)24/h2-12H,13-14H2,1H3. The van der Waals surface area contributed by atoms with Crippen molar-refractivity contribution in [3.63, 3.8) is 0 Å². The van der Waals surface area contributed by atoms with E-state index in [0.29, 0.717) is 6.54 Å². The van der Waals surface area contributed by atoms with Crippen LogP contribution in [0.3, 0.4) is 0 Å². The Morgan fingerprint density at radius 3 is 2.64 bits per heavy atom. The number of nitrogens with zero attached hydrogens (tertiary/aromatic N) is 1. The van der Waals surface area contributed by atoms with E-state index in [9.17, 15) is 4.39 Å². The second-order valence-corrected chi connectivity index (χ2v) is 6.86. The minimum Gasteiger partial charge on any atom is -0.336 e. The van der Waals surface area contributed by atoms with Gasteiger partial charge in [-0.15, -0.1) is 0 Å². The zero-order valence-corrected chi connectivity index (χ0v) is 14.1. The molecule has 0 N–H and O–H groups in total. The molecule has 4 aromatic rings. The van der Waals surface area contributed by atoms with Gasteiger partial charge >= 0.3 is 0 Å². The van der Waals surface area contributed by atoms with Gasteiger partial charge < -0.3 is 4.57 Å². The molecule has 1 aliphatic rings. The Morgan fingerprint density at radius 1 is 0.960 bits per heavy atom. The lowest BCUT2D eigenvalue weighted by Crippen LogP contribution is -2.03. The molecule has 0 amide bonds. The summed E-state index contributed by atoms with van der Waals surface area (Å²) in [6.45, 7) is 2.68. The minimum absolute atomic E-state index is 0.142. The lowest BCUT2D eigenvalue weighted by molar-refractivity contribution is 0.602. The Bertz CT molecular complexity index is 1120. The molecule has 2 heteroatoms. The summed E-state index contributed by atoms with van der Waals surface area (Å²) in [5.41, 5.74) is 8.44. The Labute approximate surface area is 146 Å². The van der Waals surface area contributed by atoms with Crippen LogP contribution in [0.2, 0.25) is 0 Å². The Balaban J connectivity index is 1.80. The molecule has 0 radical (unpaired) electrons. The van der Waals surface area contributed by atoms with E-state index in [1.165, 1.54) is 38.9 Å². The third-order valence-corrected chi connectivity index (χ3v) is 5.25. The van der Waals surface area contributed by atoms with Gasteiger partial charge in [-0.2, -0.15) is 0 Å². The quantitative estimate of drug-likeness (QED) is 0.391. The van der Waals surface area contributed by atoms with Crippen molar-refractivity contribution in [1.82, 2.24) is 4.57 Å². The van der Waals surface area contributed by atoms with Gasteiger partial charge in [0.25, 0.3) is 0 Å². The maximum atomic E-state index is 14.3. The van der Waals surface area contributed by atoms with Crippen molar-refractivity contribution in [2.75, 3.05) is 0 Å². The van der Waals surface area contributed by atoms with Gasteiger partial charge in [0.1, 0.15) is 5.82 Å². The van der Waals surface area contributed by atoms with Gasteiger partial charge in [-0.05, 0) is 36.2 Å². The predicted molar refractivity (Wildman–Crippen MR) is 100 cm³/mol. The highest BCUT2D eigenvalue weighted by Crippen LogP contribution is 2.43. The number of benzene rings is 3. The summed E-state index contributed by atoms with van der Waals surface area (Å²) in [7, 11) is 0. The highest BCUT2D eigenvalue weighted by Gasteiger charge is 2.26. The summed E-state index contributed by atoms with van der Waals surface area (Å²) in [4.78, 5) is 0. The molecule has 1 aromatic heterocycles. The molecule has 1 heterocycles. The van der Waals surface area contributed by atoms with E-state index in [4.69, 9.17) is 0 Å². The third-order valence-electron chi connectivity index (χ3n) is 5.25. The molecular formula is C23H18FN. The molecule has 0 fully saturated rings. The second kappa shape index (κ2) is 5.32. The maximum absolute atomic E-state index is 14.3. The molecule has 0 spiro atoms. The van der Waals surface area contributed by atoms with Crippen LogP contribution in [0.25, 0.3) is 22.2 Å². The van der Waals surface area contributed by atoms with E-state index < -0.39 is 0 Å². The highest BCUT2D eigenvalue weighted by molar-refractivity contribution is 5.95. The van der Waals surface area contributed by atoms with Crippen LogP contribution in [0.5, 0.6) is 0 Å². The van der Waals surface area contributed by atoms with Crippen LogP contribution in [-0.2, 0) is 13.0 Å². The number of aromatic nitrogens is 1. The normalized spacial score (nSPS) is 12.4. The molecule has 25 heavy (non-hydrogen) atoms. The van der Waals surface area contributed by atoms with Crippen molar-refractivity contribution < 1.29 is 4.39 Å². The molecule has 1 nitrogen and oxygen atoms in total. The molecule has 3 aromatic carbocycles. The summed E-state index contributed by atoms with van der Waals surface area (Å²) in [5.74, 6) is -0.142. The largest absolute Gasteiger partial charge is 0.336 e. The number of halogens is 1. The summed E-state index contributed by atoms with van der Waals surface area (Å²) < 4.78 is 16.6. The fraction of sp³-hybridized carbons (Fsp3) is 0.130. The van der Waals surface area contributed by atoms with E-state index in [1.54, 1.807) is 12.1 Å². The van der Waals surface area contributed by atoms with E-state index in [0.717, 1.165) is 12.0 Å². The van der Waals surface area contributed by atoms with Gasteiger partial charge in [0.05, 0.1) is 12.2 Å². The minimum atomic E-state index is -0.142. The first kappa shape index (κ1) is 14.5. The Kier molecular flexibility index (Phi) is 3.08. The van der Waals surface area contributed by atoms with E-state index in [-0.39, 0.29) is 5.82 Å². The first-order valence-corrected chi connectivity index (χ1v) is 8.66. The molecule has 0 unspecified atom stereocenters. The average molecular weight is 327 g/mol. The third kappa shape index (κ3) is 2.14. The number of rotatable bonds is 2. The average Bonchev–Trinajstić information content (AvgIpc) is 3.13. The van der Waals surface area contributed by atoms with Crippen LogP contribution in [0.1, 0.15) is 22.3 Å². The number of hydrogen-bond donors (Lipinski definition) is 0. The smallest absolute Gasteiger partial charge is 0.128 e. The first-order valence-electron chi connectivity index (χ1n) is 8.66. The van der Waals surface area contributed by atoms with Crippen LogP contribution in [0.4, 0.5) is 4.39 Å². The van der Waals surface area contributed by atoms with Gasteiger partial charge in [0, 0.05) is 28.5 Å².